The fraction of sp³-hybridized carbons (Fsp3) is 0.267. The number of piperazine rings is 1. The van der Waals surface area contributed by atoms with Crippen molar-refractivity contribution in [3.8, 4) is 0 Å². The summed E-state index contributed by atoms with van der Waals surface area (Å²) in [6, 6.07) is 20.7. The molecule has 38 heavy (non-hydrogen) atoms. The van der Waals surface area contributed by atoms with Gasteiger partial charge in [0.1, 0.15) is 0 Å². The number of alkyl halides is 3. The molecule has 0 radical (unpaired) electrons. The van der Waals surface area contributed by atoms with Crippen LogP contribution in [0, 0.1) is 0 Å². The second-order valence-electron chi connectivity index (χ2n) is 9.49. The highest BCUT2D eigenvalue weighted by molar-refractivity contribution is 5.95. The number of fused-ring (bicyclic) bond motifs is 1. The zero-order chi connectivity index (χ0) is 26.7. The number of benzene rings is 3. The van der Waals surface area contributed by atoms with E-state index in [1.54, 1.807) is 9.80 Å². The number of rotatable bonds is 5. The topological polar surface area (TPSA) is 43.9 Å². The van der Waals surface area contributed by atoms with Crippen LogP contribution in [-0.4, -0.2) is 54.3 Å². The Labute approximate surface area is 219 Å². The van der Waals surface area contributed by atoms with Crippen molar-refractivity contribution in [2.75, 3.05) is 37.6 Å². The van der Waals surface area contributed by atoms with Gasteiger partial charge in [0.2, 0.25) is 5.91 Å². The number of amides is 2. The van der Waals surface area contributed by atoms with Crippen LogP contribution in [0.15, 0.2) is 78.9 Å². The van der Waals surface area contributed by atoms with Crippen LogP contribution in [0.1, 0.15) is 33.5 Å². The van der Waals surface area contributed by atoms with Gasteiger partial charge in [-0.05, 0) is 60.0 Å². The van der Waals surface area contributed by atoms with Gasteiger partial charge in [-0.3, -0.25) is 9.59 Å². The Balaban J connectivity index is 1.12. The zero-order valence-electron chi connectivity index (χ0n) is 20.8. The second kappa shape index (κ2) is 10.7. The first-order valence-electron chi connectivity index (χ1n) is 12.7. The van der Waals surface area contributed by atoms with Crippen molar-refractivity contribution in [1.82, 2.24) is 9.80 Å². The molecule has 1 fully saturated rings. The minimum Gasteiger partial charge on any atom is -0.339 e. The molecule has 0 N–H and O–H groups in total. The Kier molecular flexibility index (Phi) is 7.22. The summed E-state index contributed by atoms with van der Waals surface area (Å²) in [4.78, 5) is 31.4. The van der Waals surface area contributed by atoms with Crippen LogP contribution in [0.3, 0.4) is 0 Å². The number of anilines is 2. The number of carbonyl (C=O) groups excluding carboxylic acids is 2. The molecule has 0 aliphatic carbocycles. The predicted octanol–water partition coefficient (Wildman–Crippen LogP) is 5.79. The Morgan fingerprint density at radius 3 is 2.13 bits per heavy atom. The van der Waals surface area contributed by atoms with Gasteiger partial charge in [-0.2, -0.15) is 13.2 Å². The zero-order valence-corrected chi connectivity index (χ0v) is 20.8. The van der Waals surface area contributed by atoms with Gasteiger partial charge in [-0.15, -0.1) is 0 Å². The third-order valence-electron chi connectivity index (χ3n) is 7.07. The summed E-state index contributed by atoms with van der Waals surface area (Å²) >= 11 is 0. The summed E-state index contributed by atoms with van der Waals surface area (Å²) < 4.78 is 38.2. The number of para-hydroxylation sites is 1. The Morgan fingerprint density at radius 1 is 0.789 bits per heavy atom. The lowest BCUT2D eigenvalue weighted by atomic mass is 10.1. The number of hydrogen-bond acceptors (Lipinski definition) is 3. The average Bonchev–Trinajstić information content (AvgIpc) is 2.95. The maximum atomic E-state index is 13.1. The second-order valence-corrected chi connectivity index (χ2v) is 9.49. The molecule has 2 aliphatic heterocycles. The van der Waals surface area contributed by atoms with Crippen molar-refractivity contribution >= 4 is 29.3 Å². The highest BCUT2D eigenvalue weighted by Gasteiger charge is 2.30. The summed E-state index contributed by atoms with van der Waals surface area (Å²) in [5, 5.41) is 0. The molecular weight excluding hydrogens is 491 g/mol. The van der Waals surface area contributed by atoms with Gasteiger partial charge >= 0.3 is 6.18 Å². The van der Waals surface area contributed by atoms with Gasteiger partial charge in [0, 0.05) is 56.1 Å². The molecule has 2 aliphatic rings. The molecule has 196 valence electrons. The Bertz CT molecular complexity index is 1330. The molecule has 0 unspecified atom stereocenters. The van der Waals surface area contributed by atoms with E-state index < -0.39 is 11.7 Å². The van der Waals surface area contributed by atoms with Crippen LogP contribution >= 0.6 is 0 Å². The number of hydrogen-bond donors (Lipinski definition) is 0. The van der Waals surface area contributed by atoms with E-state index in [4.69, 9.17) is 0 Å². The molecule has 0 atom stereocenters. The van der Waals surface area contributed by atoms with Crippen molar-refractivity contribution in [2.45, 2.75) is 19.0 Å². The normalized spacial score (nSPS) is 15.4. The fourth-order valence-corrected chi connectivity index (χ4v) is 4.90. The third-order valence-corrected chi connectivity index (χ3v) is 7.07. The largest absolute Gasteiger partial charge is 0.416 e. The first-order chi connectivity index (χ1) is 18.3. The molecule has 3 aromatic carbocycles. The predicted molar refractivity (Wildman–Crippen MR) is 141 cm³/mol. The quantitative estimate of drug-likeness (QED) is 0.429. The fourth-order valence-electron chi connectivity index (χ4n) is 4.90. The van der Waals surface area contributed by atoms with Gasteiger partial charge in [-0.25, -0.2) is 0 Å². The van der Waals surface area contributed by atoms with Gasteiger partial charge in [0.15, 0.2) is 0 Å². The van der Waals surface area contributed by atoms with E-state index in [2.05, 4.69) is 29.2 Å². The van der Waals surface area contributed by atoms with Crippen LogP contribution in [0.2, 0.25) is 0 Å². The van der Waals surface area contributed by atoms with E-state index >= 15 is 0 Å². The number of nitrogens with zero attached hydrogens (tertiary/aromatic N) is 3. The summed E-state index contributed by atoms with van der Waals surface area (Å²) in [5.41, 5.74) is 3.90. The SMILES string of the molecule is O=C(CCc1ccc(C(F)(F)F)cc1)N1CCN(C(=O)c2ccc(N3CC=Cc4ccccc43)cc2)CC1. The molecule has 0 aromatic heterocycles. The average molecular weight is 520 g/mol. The molecule has 0 bridgehead atoms. The standard InChI is InChI=1S/C30H28F3N3O2/c31-30(32,33)25-12-7-22(8-13-25)9-16-28(37)34-18-20-35(21-19-34)29(38)24-10-14-26(15-11-24)36-17-3-5-23-4-1-2-6-27(23)36/h1-8,10-15H,9,16-21H2. The van der Waals surface area contributed by atoms with Gasteiger partial charge in [0.25, 0.3) is 5.91 Å². The van der Waals surface area contributed by atoms with Gasteiger partial charge in [0.05, 0.1) is 5.56 Å². The number of halogens is 3. The van der Waals surface area contributed by atoms with Crippen molar-refractivity contribution in [2.24, 2.45) is 0 Å². The van der Waals surface area contributed by atoms with Crippen molar-refractivity contribution in [3.05, 3.63) is 101 Å². The monoisotopic (exact) mass is 519 g/mol. The Morgan fingerprint density at radius 2 is 1.45 bits per heavy atom. The lowest BCUT2D eigenvalue weighted by molar-refractivity contribution is -0.137. The molecule has 1 saturated heterocycles. The van der Waals surface area contributed by atoms with Crippen LogP contribution in [0.4, 0.5) is 24.5 Å². The molecule has 0 saturated carbocycles. The van der Waals surface area contributed by atoms with E-state index in [0.29, 0.717) is 43.7 Å². The number of aryl methyl sites for hydroxylation is 1. The minimum absolute atomic E-state index is 0.0581. The van der Waals surface area contributed by atoms with Crippen LogP contribution in [-0.2, 0) is 17.4 Å². The van der Waals surface area contributed by atoms with E-state index in [-0.39, 0.29) is 18.2 Å². The molecule has 5 nitrogen and oxygen atoms in total. The van der Waals surface area contributed by atoms with Crippen LogP contribution in [0.25, 0.3) is 6.08 Å². The first-order valence-corrected chi connectivity index (χ1v) is 12.7. The smallest absolute Gasteiger partial charge is 0.339 e. The summed E-state index contributed by atoms with van der Waals surface area (Å²) in [7, 11) is 0. The minimum atomic E-state index is -4.37. The maximum Gasteiger partial charge on any atom is 0.416 e. The van der Waals surface area contributed by atoms with E-state index in [1.165, 1.54) is 12.1 Å². The molecule has 5 rings (SSSR count). The van der Waals surface area contributed by atoms with Crippen molar-refractivity contribution in [3.63, 3.8) is 0 Å². The highest BCUT2D eigenvalue weighted by Crippen LogP contribution is 2.32. The summed E-state index contributed by atoms with van der Waals surface area (Å²) in [6.07, 6.45) is 0.453. The maximum absolute atomic E-state index is 13.1. The number of carbonyl (C=O) groups is 2. The summed E-state index contributed by atoms with van der Waals surface area (Å²) in [6.45, 7) is 2.52. The summed E-state index contributed by atoms with van der Waals surface area (Å²) in [5.74, 6) is -0.121. The van der Waals surface area contributed by atoms with E-state index in [1.807, 2.05) is 36.4 Å². The van der Waals surface area contributed by atoms with Gasteiger partial charge in [-0.1, -0.05) is 42.5 Å². The molecule has 2 heterocycles. The van der Waals surface area contributed by atoms with E-state index in [9.17, 15) is 22.8 Å². The molecule has 8 heteroatoms. The van der Waals surface area contributed by atoms with Crippen molar-refractivity contribution in [1.29, 1.82) is 0 Å². The molecule has 2 amide bonds. The highest BCUT2D eigenvalue weighted by atomic mass is 19.4. The lowest BCUT2D eigenvalue weighted by Gasteiger charge is -2.35. The third kappa shape index (κ3) is 5.59. The van der Waals surface area contributed by atoms with E-state index in [0.717, 1.165) is 35.6 Å². The van der Waals surface area contributed by atoms with Crippen LogP contribution < -0.4 is 4.90 Å². The first kappa shape index (κ1) is 25.6. The van der Waals surface area contributed by atoms with Crippen LogP contribution in [0.5, 0.6) is 0 Å². The Hall–Kier alpha value is -4.07. The van der Waals surface area contributed by atoms with Gasteiger partial charge < -0.3 is 14.7 Å². The molecule has 0 spiro atoms. The molecule has 3 aromatic rings. The van der Waals surface area contributed by atoms with Crippen molar-refractivity contribution < 1.29 is 22.8 Å². The lowest BCUT2D eigenvalue weighted by Crippen LogP contribution is -2.50. The molecular formula is C30H28F3N3O2.